The van der Waals surface area contributed by atoms with Crippen molar-refractivity contribution in [1.82, 2.24) is 19.9 Å². The molecule has 2 aromatic heterocycles. The van der Waals surface area contributed by atoms with Crippen molar-refractivity contribution < 1.29 is 9.53 Å². The van der Waals surface area contributed by atoms with Gasteiger partial charge in [0.1, 0.15) is 5.75 Å². The highest BCUT2D eigenvalue weighted by Crippen LogP contribution is 2.24. The number of aromatic nitrogens is 3. The van der Waals surface area contributed by atoms with Gasteiger partial charge in [0.05, 0.1) is 12.6 Å². The molecule has 0 radical (unpaired) electrons. The zero-order valence-electron chi connectivity index (χ0n) is 17.2. The Hall–Kier alpha value is -2.93. The zero-order chi connectivity index (χ0) is 21.3. The van der Waals surface area contributed by atoms with Crippen LogP contribution in [0.1, 0.15) is 28.9 Å². The SMILES string of the molecule is COc1ccc(Br)cc1CNC(=O)CCc1c(C)nc2c3ccccc3nn2c1C. The molecule has 0 saturated carbocycles. The molecule has 1 N–H and O–H groups in total. The molecule has 1 amide bonds. The summed E-state index contributed by atoms with van der Waals surface area (Å²) in [5.41, 5.74) is 5.73. The van der Waals surface area contributed by atoms with Gasteiger partial charge in [-0.3, -0.25) is 4.79 Å². The molecular weight excluding hydrogens is 444 g/mol. The molecule has 2 aromatic carbocycles. The van der Waals surface area contributed by atoms with E-state index in [0.29, 0.717) is 19.4 Å². The first-order valence-corrected chi connectivity index (χ1v) is 10.6. The third-order valence-corrected chi connectivity index (χ3v) is 5.83. The molecule has 0 atom stereocenters. The molecule has 30 heavy (non-hydrogen) atoms. The monoisotopic (exact) mass is 466 g/mol. The number of rotatable bonds is 6. The molecule has 0 saturated heterocycles. The van der Waals surface area contributed by atoms with E-state index in [0.717, 1.165) is 49.3 Å². The number of nitrogens with one attached hydrogen (secondary N) is 1. The van der Waals surface area contributed by atoms with E-state index in [1.54, 1.807) is 7.11 Å². The number of benzene rings is 2. The van der Waals surface area contributed by atoms with Gasteiger partial charge in [-0.15, -0.1) is 0 Å². The minimum Gasteiger partial charge on any atom is -0.496 e. The molecule has 0 aliphatic carbocycles. The first kappa shape index (κ1) is 20.3. The van der Waals surface area contributed by atoms with Crippen LogP contribution < -0.4 is 10.1 Å². The van der Waals surface area contributed by atoms with Crippen LogP contribution in [0.15, 0.2) is 46.9 Å². The highest BCUT2D eigenvalue weighted by atomic mass is 79.9. The Kier molecular flexibility index (Phi) is 5.72. The molecule has 0 aliphatic heterocycles. The molecule has 4 aromatic rings. The summed E-state index contributed by atoms with van der Waals surface area (Å²) in [6.45, 7) is 4.45. The minimum absolute atomic E-state index is 0.0125. The Bertz CT molecular complexity index is 1250. The van der Waals surface area contributed by atoms with Crippen molar-refractivity contribution in [3.8, 4) is 5.75 Å². The van der Waals surface area contributed by atoms with Gasteiger partial charge in [0, 0.05) is 39.8 Å². The standard InChI is InChI=1S/C23H23BrN4O2/c1-14-18(15(2)28-23(26-14)19-6-4-5-7-20(19)27-28)9-11-22(29)25-13-16-12-17(24)8-10-21(16)30-3/h4-8,10,12H,9,11,13H2,1-3H3,(H,25,29). The smallest absolute Gasteiger partial charge is 0.220 e. The fourth-order valence-corrected chi connectivity index (χ4v) is 4.15. The lowest BCUT2D eigenvalue weighted by Crippen LogP contribution is -2.23. The van der Waals surface area contributed by atoms with E-state index in [4.69, 9.17) is 9.72 Å². The van der Waals surface area contributed by atoms with E-state index in [-0.39, 0.29) is 5.91 Å². The van der Waals surface area contributed by atoms with Crippen LogP contribution in [0, 0.1) is 13.8 Å². The number of hydrogen-bond donors (Lipinski definition) is 1. The van der Waals surface area contributed by atoms with Gasteiger partial charge in [-0.25, -0.2) is 9.50 Å². The molecule has 4 rings (SSSR count). The number of nitrogens with zero attached hydrogens (tertiary/aromatic N) is 3. The van der Waals surface area contributed by atoms with Crippen LogP contribution in [0.5, 0.6) is 5.75 Å². The van der Waals surface area contributed by atoms with Crippen LogP contribution in [-0.2, 0) is 17.8 Å². The average molecular weight is 467 g/mol. The fourth-order valence-electron chi connectivity index (χ4n) is 3.74. The largest absolute Gasteiger partial charge is 0.496 e. The van der Waals surface area contributed by atoms with Crippen LogP contribution in [0.4, 0.5) is 0 Å². The van der Waals surface area contributed by atoms with Crippen molar-refractivity contribution in [2.45, 2.75) is 33.2 Å². The first-order valence-electron chi connectivity index (χ1n) is 9.80. The molecule has 0 aliphatic rings. The van der Waals surface area contributed by atoms with E-state index >= 15 is 0 Å². The van der Waals surface area contributed by atoms with Crippen LogP contribution in [0.3, 0.4) is 0 Å². The lowest BCUT2D eigenvalue weighted by Gasteiger charge is -2.12. The molecule has 0 bridgehead atoms. The lowest BCUT2D eigenvalue weighted by molar-refractivity contribution is -0.121. The predicted octanol–water partition coefficient (Wildman–Crippen LogP) is 4.52. The van der Waals surface area contributed by atoms with Gasteiger partial charge in [-0.2, -0.15) is 5.10 Å². The van der Waals surface area contributed by atoms with Crippen molar-refractivity contribution in [2.75, 3.05) is 7.11 Å². The first-order chi connectivity index (χ1) is 14.5. The number of amides is 1. The Balaban J connectivity index is 1.49. The van der Waals surface area contributed by atoms with E-state index in [9.17, 15) is 4.79 Å². The molecule has 0 fully saturated rings. The maximum Gasteiger partial charge on any atom is 0.220 e. The summed E-state index contributed by atoms with van der Waals surface area (Å²) >= 11 is 3.46. The number of carbonyl (C=O) groups excluding carboxylic acids is 1. The van der Waals surface area contributed by atoms with E-state index in [2.05, 4.69) is 26.3 Å². The summed E-state index contributed by atoms with van der Waals surface area (Å²) < 4.78 is 8.20. The van der Waals surface area contributed by atoms with Gasteiger partial charge in [0.15, 0.2) is 5.65 Å². The number of hydrogen-bond acceptors (Lipinski definition) is 4. The Morgan fingerprint density at radius 3 is 2.80 bits per heavy atom. The molecule has 2 heterocycles. The number of methoxy groups -OCH3 is 1. The highest BCUT2D eigenvalue weighted by Gasteiger charge is 2.15. The lowest BCUT2D eigenvalue weighted by atomic mass is 10.1. The second-order valence-corrected chi connectivity index (χ2v) is 8.16. The molecule has 0 unspecified atom stereocenters. The molecule has 0 spiro atoms. The normalized spacial score (nSPS) is 11.2. The highest BCUT2D eigenvalue weighted by molar-refractivity contribution is 9.10. The van der Waals surface area contributed by atoms with Gasteiger partial charge in [-0.1, -0.05) is 28.1 Å². The van der Waals surface area contributed by atoms with Gasteiger partial charge >= 0.3 is 0 Å². The Morgan fingerprint density at radius 2 is 2.00 bits per heavy atom. The zero-order valence-corrected chi connectivity index (χ0v) is 18.8. The van der Waals surface area contributed by atoms with E-state index in [1.165, 1.54) is 0 Å². The van der Waals surface area contributed by atoms with Crippen molar-refractivity contribution in [1.29, 1.82) is 0 Å². The summed E-state index contributed by atoms with van der Waals surface area (Å²) in [5, 5.41) is 8.71. The Morgan fingerprint density at radius 1 is 1.20 bits per heavy atom. The maximum atomic E-state index is 12.5. The maximum absolute atomic E-state index is 12.5. The van der Waals surface area contributed by atoms with Gasteiger partial charge in [-0.05, 0) is 56.2 Å². The van der Waals surface area contributed by atoms with Gasteiger partial charge < -0.3 is 10.1 Å². The molecule has 6 nitrogen and oxygen atoms in total. The second-order valence-electron chi connectivity index (χ2n) is 7.25. The van der Waals surface area contributed by atoms with Gasteiger partial charge in [0.25, 0.3) is 0 Å². The van der Waals surface area contributed by atoms with Crippen molar-refractivity contribution >= 4 is 38.4 Å². The topological polar surface area (TPSA) is 68.5 Å². The van der Waals surface area contributed by atoms with E-state index < -0.39 is 0 Å². The quantitative estimate of drug-likeness (QED) is 0.453. The summed E-state index contributed by atoms with van der Waals surface area (Å²) in [5.74, 6) is 0.743. The molecule has 154 valence electrons. The van der Waals surface area contributed by atoms with Crippen molar-refractivity contribution in [3.05, 3.63) is 69.5 Å². The fraction of sp³-hybridized carbons (Fsp3) is 0.261. The number of carbonyl (C=O) groups is 1. The van der Waals surface area contributed by atoms with Gasteiger partial charge in [0.2, 0.25) is 5.91 Å². The minimum atomic E-state index is -0.0125. The van der Waals surface area contributed by atoms with Crippen LogP contribution in [-0.4, -0.2) is 27.6 Å². The van der Waals surface area contributed by atoms with Crippen molar-refractivity contribution in [2.24, 2.45) is 0 Å². The number of fused-ring (bicyclic) bond motifs is 3. The summed E-state index contributed by atoms with van der Waals surface area (Å²) in [4.78, 5) is 17.3. The van der Waals surface area contributed by atoms with Crippen LogP contribution >= 0.6 is 15.9 Å². The summed E-state index contributed by atoms with van der Waals surface area (Å²) in [6, 6.07) is 13.7. The van der Waals surface area contributed by atoms with Crippen molar-refractivity contribution in [3.63, 3.8) is 0 Å². The predicted molar refractivity (Wildman–Crippen MR) is 121 cm³/mol. The number of ether oxygens (including phenoxy) is 1. The average Bonchev–Trinajstić information content (AvgIpc) is 3.11. The molecule has 7 heteroatoms. The number of halogens is 1. The summed E-state index contributed by atoms with van der Waals surface area (Å²) in [6.07, 6.45) is 0.990. The third-order valence-electron chi connectivity index (χ3n) is 5.34. The third kappa shape index (κ3) is 3.89. The molecular formula is C23H23BrN4O2. The van der Waals surface area contributed by atoms with E-state index in [1.807, 2.05) is 60.8 Å². The van der Waals surface area contributed by atoms with Crippen LogP contribution in [0.2, 0.25) is 0 Å². The number of aryl methyl sites for hydroxylation is 2. The second kappa shape index (κ2) is 8.44. The van der Waals surface area contributed by atoms with Crippen LogP contribution in [0.25, 0.3) is 16.6 Å². The summed E-state index contributed by atoms with van der Waals surface area (Å²) in [7, 11) is 1.63. The Labute approximate surface area is 183 Å².